The summed E-state index contributed by atoms with van der Waals surface area (Å²) in [5.41, 5.74) is 0.554. The number of hydrogen-bond donors (Lipinski definition) is 2. The summed E-state index contributed by atoms with van der Waals surface area (Å²) in [7, 11) is 1.61. The number of carboxylic acids is 1. The molecule has 8 nitrogen and oxygen atoms in total. The number of carbonyl (C=O) groups excluding carboxylic acids is 2. The molecule has 0 spiro atoms. The van der Waals surface area contributed by atoms with Crippen molar-refractivity contribution < 1.29 is 19.5 Å². The summed E-state index contributed by atoms with van der Waals surface area (Å²) in [5, 5.41) is 12.1. The van der Waals surface area contributed by atoms with E-state index in [1.54, 1.807) is 11.9 Å². The van der Waals surface area contributed by atoms with Gasteiger partial charge in [-0.1, -0.05) is 22.9 Å². The third-order valence-corrected chi connectivity index (χ3v) is 6.77. The standard InChI is InChI=1S/C18H21ClN4O4S2/c1-10-11(17(27)21-18-20-7-14(19)29-18)6-13(28-10)12-4-3-5-23(12)15(24)8-22(2)9-16(25)26/h6-7,12H,3-5,8-9H2,1-2H3,(H,25,26)(H,20,21,27). The molecule has 2 aromatic heterocycles. The average Bonchev–Trinajstić information content (AvgIpc) is 3.33. The molecule has 0 bridgehead atoms. The Morgan fingerprint density at radius 2 is 2.14 bits per heavy atom. The Kier molecular flexibility index (Phi) is 6.89. The largest absolute Gasteiger partial charge is 0.480 e. The molecule has 0 aromatic carbocycles. The highest BCUT2D eigenvalue weighted by molar-refractivity contribution is 7.19. The van der Waals surface area contributed by atoms with E-state index < -0.39 is 5.97 Å². The Morgan fingerprint density at radius 1 is 1.38 bits per heavy atom. The molecule has 1 aliphatic rings. The van der Waals surface area contributed by atoms with E-state index in [1.165, 1.54) is 33.8 Å². The molecule has 2 amide bonds. The van der Waals surface area contributed by atoms with Crippen molar-refractivity contribution in [1.29, 1.82) is 0 Å². The zero-order valence-corrected chi connectivity index (χ0v) is 18.4. The maximum absolute atomic E-state index is 12.7. The summed E-state index contributed by atoms with van der Waals surface area (Å²) in [6.07, 6.45) is 3.17. The van der Waals surface area contributed by atoms with Crippen molar-refractivity contribution in [2.45, 2.75) is 25.8 Å². The molecule has 2 aromatic rings. The van der Waals surface area contributed by atoms with Gasteiger partial charge in [-0.3, -0.25) is 24.6 Å². The Labute approximate surface area is 181 Å². The molecule has 1 unspecified atom stereocenters. The molecule has 156 valence electrons. The molecule has 0 saturated carbocycles. The van der Waals surface area contributed by atoms with E-state index in [4.69, 9.17) is 16.7 Å². The van der Waals surface area contributed by atoms with Crippen molar-refractivity contribution in [2.24, 2.45) is 0 Å². The van der Waals surface area contributed by atoms with E-state index in [2.05, 4.69) is 10.3 Å². The number of carboxylic acid groups (broad SMARTS) is 1. The van der Waals surface area contributed by atoms with E-state index in [0.29, 0.717) is 21.6 Å². The number of aromatic nitrogens is 1. The molecule has 2 N–H and O–H groups in total. The van der Waals surface area contributed by atoms with Gasteiger partial charge in [-0.05, 0) is 32.9 Å². The number of thiophene rings is 1. The average molecular weight is 457 g/mol. The highest BCUT2D eigenvalue weighted by Crippen LogP contribution is 2.37. The van der Waals surface area contributed by atoms with Gasteiger partial charge in [-0.2, -0.15) is 0 Å². The number of anilines is 1. The van der Waals surface area contributed by atoms with Crippen LogP contribution < -0.4 is 5.32 Å². The summed E-state index contributed by atoms with van der Waals surface area (Å²) < 4.78 is 0.496. The summed E-state index contributed by atoms with van der Waals surface area (Å²) in [5.74, 6) is -1.33. The molecule has 29 heavy (non-hydrogen) atoms. The molecule has 1 aliphatic heterocycles. The number of carbonyl (C=O) groups is 3. The zero-order chi connectivity index (χ0) is 21.1. The maximum Gasteiger partial charge on any atom is 0.317 e. The number of nitrogens with one attached hydrogen (secondary N) is 1. The number of amides is 2. The first-order valence-corrected chi connectivity index (χ1v) is 11.0. The Morgan fingerprint density at radius 3 is 2.79 bits per heavy atom. The van der Waals surface area contributed by atoms with Gasteiger partial charge in [0.1, 0.15) is 4.34 Å². The Hall–Kier alpha value is -2.01. The first-order valence-electron chi connectivity index (χ1n) is 8.97. The number of thiazole rings is 1. The van der Waals surface area contributed by atoms with E-state index in [1.807, 2.05) is 13.0 Å². The quantitative estimate of drug-likeness (QED) is 0.663. The van der Waals surface area contributed by atoms with Crippen LogP contribution in [0.25, 0.3) is 0 Å². The van der Waals surface area contributed by atoms with E-state index >= 15 is 0 Å². The van der Waals surface area contributed by atoms with Crippen LogP contribution in [0.1, 0.15) is 39.0 Å². The van der Waals surface area contributed by atoms with E-state index in [9.17, 15) is 14.4 Å². The highest BCUT2D eigenvalue weighted by atomic mass is 35.5. The molecule has 1 fully saturated rings. The number of halogens is 1. The Bertz CT molecular complexity index is 929. The fraction of sp³-hybridized carbons (Fsp3) is 0.444. The van der Waals surface area contributed by atoms with Crippen LogP contribution in [-0.2, 0) is 9.59 Å². The molecule has 1 atom stereocenters. The number of nitrogens with zero attached hydrogens (tertiary/aromatic N) is 3. The van der Waals surface area contributed by atoms with Gasteiger partial charge in [0.2, 0.25) is 5.91 Å². The fourth-order valence-corrected chi connectivity index (χ4v) is 5.32. The maximum atomic E-state index is 12.7. The molecular formula is C18H21ClN4O4S2. The van der Waals surface area contributed by atoms with Crippen LogP contribution in [0.2, 0.25) is 4.34 Å². The number of aliphatic carboxylic acids is 1. The van der Waals surface area contributed by atoms with Crippen molar-refractivity contribution in [3.8, 4) is 0 Å². The second-order valence-electron chi connectivity index (χ2n) is 6.85. The molecular weight excluding hydrogens is 436 g/mol. The zero-order valence-electron chi connectivity index (χ0n) is 16.0. The molecule has 0 aliphatic carbocycles. The van der Waals surface area contributed by atoms with Gasteiger partial charge in [0, 0.05) is 16.3 Å². The minimum atomic E-state index is -0.968. The van der Waals surface area contributed by atoms with Gasteiger partial charge in [-0.15, -0.1) is 11.3 Å². The summed E-state index contributed by atoms with van der Waals surface area (Å²) in [6, 6.07) is 1.74. The molecule has 11 heteroatoms. The van der Waals surface area contributed by atoms with Gasteiger partial charge >= 0.3 is 5.97 Å². The van der Waals surface area contributed by atoms with Crippen molar-refractivity contribution in [1.82, 2.24) is 14.8 Å². The number of likely N-dealkylation sites (tertiary alicyclic amines) is 1. The number of likely N-dealkylation sites (N-methyl/N-ethyl adjacent to an activating group) is 1. The summed E-state index contributed by atoms with van der Waals surface area (Å²) in [4.78, 5) is 45.2. The van der Waals surface area contributed by atoms with Crippen LogP contribution in [0.15, 0.2) is 12.3 Å². The number of rotatable bonds is 7. The van der Waals surface area contributed by atoms with Crippen molar-refractivity contribution in [3.63, 3.8) is 0 Å². The van der Waals surface area contributed by atoms with Gasteiger partial charge in [0.15, 0.2) is 5.13 Å². The van der Waals surface area contributed by atoms with Crippen LogP contribution in [0, 0.1) is 6.92 Å². The molecule has 0 radical (unpaired) electrons. The monoisotopic (exact) mass is 456 g/mol. The lowest BCUT2D eigenvalue weighted by Gasteiger charge is -2.26. The van der Waals surface area contributed by atoms with Crippen molar-refractivity contribution >= 4 is 57.2 Å². The van der Waals surface area contributed by atoms with Crippen LogP contribution >= 0.6 is 34.3 Å². The number of aryl methyl sites for hydroxylation is 1. The minimum Gasteiger partial charge on any atom is -0.480 e. The molecule has 3 heterocycles. The van der Waals surface area contributed by atoms with E-state index in [-0.39, 0.29) is 30.9 Å². The van der Waals surface area contributed by atoms with Gasteiger partial charge < -0.3 is 10.0 Å². The van der Waals surface area contributed by atoms with Gasteiger partial charge in [0.05, 0.1) is 30.9 Å². The van der Waals surface area contributed by atoms with Gasteiger partial charge in [-0.25, -0.2) is 4.98 Å². The first-order chi connectivity index (χ1) is 13.7. The third-order valence-electron chi connectivity index (χ3n) is 4.59. The highest BCUT2D eigenvalue weighted by Gasteiger charge is 2.32. The SMILES string of the molecule is Cc1sc(C2CCCN2C(=O)CN(C)CC(=O)O)cc1C(=O)Nc1ncc(Cl)s1. The van der Waals surface area contributed by atoms with Crippen molar-refractivity contribution in [2.75, 3.05) is 32.0 Å². The minimum absolute atomic E-state index is 0.0469. The normalized spacial score (nSPS) is 16.4. The van der Waals surface area contributed by atoms with Crippen molar-refractivity contribution in [3.05, 3.63) is 31.9 Å². The third kappa shape index (κ3) is 5.33. The van der Waals surface area contributed by atoms with Crippen LogP contribution in [0.3, 0.4) is 0 Å². The lowest BCUT2D eigenvalue weighted by molar-refractivity contribution is -0.139. The molecule has 1 saturated heterocycles. The Balaban J connectivity index is 1.71. The van der Waals surface area contributed by atoms with Crippen LogP contribution in [-0.4, -0.2) is 64.4 Å². The molecule has 3 rings (SSSR count). The smallest absolute Gasteiger partial charge is 0.317 e. The fourth-order valence-electron chi connectivity index (χ4n) is 3.34. The second kappa shape index (κ2) is 9.21. The summed E-state index contributed by atoms with van der Waals surface area (Å²) >= 11 is 8.54. The second-order valence-corrected chi connectivity index (χ2v) is 9.80. The first kappa shape index (κ1) is 21.7. The lowest BCUT2D eigenvalue weighted by Crippen LogP contribution is -2.40. The lowest BCUT2D eigenvalue weighted by atomic mass is 10.1. The van der Waals surface area contributed by atoms with Crippen LogP contribution in [0.4, 0.5) is 5.13 Å². The number of hydrogen-bond acceptors (Lipinski definition) is 7. The topological polar surface area (TPSA) is 103 Å². The predicted octanol–water partition coefficient (Wildman–Crippen LogP) is 3.10. The van der Waals surface area contributed by atoms with E-state index in [0.717, 1.165) is 22.6 Å². The predicted molar refractivity (Wildman–Crippen MR) is 113 cm³/mol. The van der Waals surface area contributed by atoms with Crippen LogP contribution in [0.5, 0.6) is 0 Å². The summed E-state index contributed by atoms with van der Waals surface area (Å²) in [6.45, 7) is 2.36. The van der Waals surface area contributed by atoms with Gasteiger partial charge in [0.25, 0.3) is 5.91 Å².